The van der Waals surface area contributed by atoms with Crippen molar-refractivity contribution in [1.29, 1.82) is 0 Å². The van der Waals surface area contributed by atoms with Gasteiger partial charge in [0, 0.05) is 5.02 Å². The molecular weight excluding hydrogens is 294 g/mol. The van der Waals surface area contributed by atoms with E-state index in [1.807, 2.05) is 19.1 Å². The topological polar surface area (TPSA) is 95.4 Å². The van der Waals surface area contributed by atoms with E-state index in [-0.39, 0.29) is 11.5 Å². The van der Waals surface area contributed by atoms with E-state index in [2.05, 4.69) is 15.3 Å². The van der Waals surface area contributed by atoms with E-state index in [0.29, 0.717) is 18.2 Å². The number of aliphatic imine (C=N–C) groups is 1. The molecule has 0 radical (unpaired) electrons. The van der Waals surface area contributed by atoms with Gasteiger partial charge < -0.3 is 10.5 Å². The van der Waals surface area contributed by atoms with E-state index in [4.69, 9.17) is 22.1 Å². The van der Waals surface area contributed by atoms with Crippen molar-refractivity contribution in [3.63, 3.8) is 0 Å². The third-order valence-corrected chi connectivity index (χ3v) is 2.82. The normalized spacial score (nSPS) is 11.0. The van der Waals surface area contributed by atoms with Crippen LogP contribution in [0.25, 0.3) is 0 Å². The van der Waals surface area contributed by atoms with Crippen molar-refractivity contribution in [3.05, 3.63) is 40.5 Å². The van der Waals surface area contributed by atoms with Gasteiger partial charge in [0.1, 0.15) is 0 Å². The number of hydrogen-bond donors (Lipinski definition) is 1. The van der Waals surface area contributed by atoms with E-state index in [9.17, 15) is 4.79 Å². The molecule has 0 saturated carbocycles. The molecule has 0 fully saturated rings. The summed E-state index contributed by atoms with van der Waals surface area (Å²) in [5, 5.41) is 8.26. The number of amides is 1. The van der Waals surface area contributed by atoms with Crippen molar-refractivity contribution in [3.8, 4) is 0 Å². The second-order valence-electron chi connectivity index (χ2n) is 4.10. The Morgan fingerprint density at radius 2 is 2.38 bits per heavy atom. The molecule has 1 amide bonds. The van der Waals surface area contributed by atoms with Crippen LogP contribution in [0.1, 0.15) is 23.0 Å². The molecule has 7 nitrogen and oxygen atoms in total. The minimum absolute atomic E-state index is 0.00650. The summed E-state index contributed by atoms with van der Waals surface area (Å²) in [6.07, 6.45) is 1.24. The zero-order chi connectivity index (χ0) is 15.2. The van der Waals surface area contributed by atoms with Gasteiger partial charge in [-0.3, -0.25) is 4.79 Å². The zero-order valence-corrected chi connectivity index (χ0v) is 12.1. The molecule has 1 aromatic carbocycles. The minimum Gasteiger partial charge on any atom is -0.483 e. The van der Waals surface area contributed by atoms with Crippen LogP contribution in [0, 0.1) is 0 Å². The average molecular weight is 308 g/mol. The van der Waals surface area contributed by atoms with Crippen molar-refractivity contribution >= 4 is 29.7 Å². The molecule has 21 heavy (non-hydrogen) atoms. The molecular formula is C13H14ClN5O2. The first-order chi connectivity index (χ1) is 10.1. The molecule has 2 aromatic rings. The number of nitrogens with zero attached hydrogens (tertiary/aromatic N) is 4. The summed E-state index contributed by atoms with van der Waals surface area (Å²) in [6.45, 7) is 2.65. The summed E-state index contributed by atoms with van der Waals surface area (Å²) < 4.78 is 6.49. The summed E-state index contributed by atoms with van der Waals surface area (Å²) in [6, 6.07) is 7.28. The summed E-state index contributed by atoms with van der Waals surface area (Å²) in [5.41, 5.74) is 6.15. The number of aromatic nitrogens is 3. The lowest BCUT2D eigenvalue weighted by molar-refractivity contribution is 0.0996. The maximum atomic E-state index is 11.3. The van der Waals surface area contributed by atoms with E-state index >= 15 is 0 Å². The van der Waals surface area contributed by atoms with Crippen molar-refractivity contribution in [1.82, 2.24) is 15.0 Å². The largest absolute Gasteiger partial charge is 0.483 e. The Hall–Kier alpha value is -2.41. The Balaban J connectivity index is 2.32. The first kappa shape index (κ1) is 15.0. The van der Waals surface area contributed by atoms with Crippen LogP contribution in [-0.4, -0.2) is 33.9 Å². The summed E-state index contributed by atoms with van der Waals surface area (Å²) in [7, 11) is 0. The molecule has 0 atom stereocenters. The van der Waals surface area contributed by atoms with E-state index < -0.39 is 5.91 Å². The third-order valence-electron chi connectivity index (χ3n) is 2.58. The SMILES string of the molecule is CCO/C=N/c1c(C(N)=O)nnn1Cc1cccc(Cl)c1. The van der Waals surface area contributed by atoms with Gasteiger partial charge in [-0.25, -0.2) is 4.68 Å². The van der Waals surface area contributed by atoms with Gasteiger partial charge in [0.05, 0.1) is 13.2 Å². The summed E-state index contributed by atoms with van der Waals surface area (Å²) in [4.78, 5) is 15.4. The second-order valence-corrected chi connectivity index (χ2v) is 4.54. The van der Waals surface area contributed by atoms with Gasteiger partial charge in [0.2, 0.25) is 0 Å². The van der Waals surface area contributed by atoms with Crippen molar-refractivity contribution < 1.29 is 9.53 Å². The number of nitrogens with two attached hydrogens (primary N) is 1. The summed E-state index contributed by atoms with van der Waals surface area (Å²) >= 11 is 5.94. The van der Waals surface area contributed by atoms with Gasteiger partial charge >= 0.3 is 0 Å². The van der Waals surface area contributed by atoms with Gasteiger partial charge in [-0.2, -0.15) is 4.99 Å². The van der Waals surface area contributed by atoms with Gasteiger partial charge in [-0.15, -0.1) is 5.10 Å². The van der Waals surface area contributed by atoms with Gasteiger partial charge in [0.25, 0.3) is 5.91 Å². The Morgan fingerprint density at radius 1 is 1.57 bits per heavy atom. The lowest BCUT2D eigenvalue weighted by Crippen LogP contribution is -2.12. The van der Waals surface area contributed by atoms with Crippen LogP contribution in [0.3, 0.4) is 0 Å². The Kier molecular flexibility index (Phi) is 4.89. The number of carbonyl (C=O) groups is 1. The van der Waals surface area contributed by atoms with Gasteiger partial charge in [-0.05, 0) is 24.6 Å². The van der Waals surface area contributed by atoms with Crippen molar-refractivity contribution in [2.24, 2.45) is 10.7 Å². The average Bonchev–Trinajstić information content (AvgIpc) is 2.82. The van der Waals surface area contributed by atoms with E-state index in [1.54, 1.807) is 12.1 Å². The number of benzene rings is 1. The number of primary amides is 1. The highest BCUT2D eigenvalue weighted by Crippen LogP contribution is 2.18. The van der Waals surface area contributed by atoms with Crippen LogP contribution in [-0.2, 0) is 11.3 Å². The molecule has 0 spiro atoms. The lowest BCUT2D eigenvalue weighted by atomic mass is 10.2. The molecule has 0 aliphatic carbocycles. The molecule has 2 N–H and O–H groups in total. The Labute approximate surface area is 126 Å². The van der Waals surface area contributed by atoms with E-state index in [0.717, 1.165) is 5.56 Å². The van der Waals surface area contributed by atoms with Crippen LogP contribution in [0.2, 0.25) is 5.02 Å². The fourth-order valence-corrected chi connectivity index (χ4v) is 1.88. The standard InChI is InChI=1S/C13H14ClN5O2/c1-2-21-8-16-13-11(12(15)20)17-18-19(13)7-9-4-3-5-10(14)6-9/h3-6,8H,2,7H2,1H3,(H2,15,20)/b16-8+. The van der Waals surface area contributed by atoms with Crippen LogP contribution in [0.15, 0.2) is 29.3 Å². The predicted octanol–water partition coefficient (Wildman–Crippen LogP) is 1.77. The first-order valence-corrected chi connectivity index (χ1v) is 6.61. The molecule has 110 valence electrons. The van der Waals surface area contributed by atoms with Gasteiger partial charge in [0.15, 0.2) is 17.9 Å². The predicted molar refractivity (Wildman–Crippen MR) is 78.9 cm³/mol. The molecule has 0 unspecified atom stereocenters. The molecule has 0 aliphatic heterocycles. The highest BCUT2D eigenvalue weighted by molar-refractivity contribution is 6.30. The van der Waals surface area contributed by atoms with Crippen LogP contribution in [0.4, 0.5) is 5.82 Å². The van der Waals surface area contributed by atoms with Crippen molar-refractivity contribution in [2.75, 3.05) is 6.61 Å². The lowest BCUT2D eigenvalue weighted by Gasteiger charge is -2.04. The maximum Gasteiger partial charge on any atom is 0.273 e. The number of halogens is 1. The Morgan fingerprint density at radius 3 is 3.05 bits per heavy atom. The van der Waals surface area contributed by atoms with Crippen LogP contribution in [0.5, 0.6) is 0 Å². The summed E-state index contributed by atoms with van der Waals surface area (Å²) in [5.74, 6) is -0.452. The number of ether oxygens (including phenoxy) is 1. The third kappa shape index (κ3) is 3.79. The quantitative estimate of drug-likeness (QED) is 0.650. The zero-order valence-electron chi connectivity index (χ0n) is 11.4. The first-order valence-electron chi connectivity index (χ1n) is 6.23. The number of carbonyl (C=O) groups excluding carboxylic acids is 1. The molecule has 1 heterocycles. The molecule has 2 rings (SSSR count). The molecule has 1 aromatic heterocycles. The van der Waals surface area contributed by atoms with Crippen molar-refractivity contribution in [2.45, 2.75) is 13.5 Å². The highest BCUT2D eigenvalue weighted by Gasteiger charge is 2.17. The highest BCUT2D eigenvalue weighted by atomic mass is 35.5. The smallest absolute Gasteiger partial charge is 0.273 e. The molecule has 0 saturated heterocycles. The fraction of sp³-hybridized carbons (Fsp3) is 0.231. The maximum absolute atomic E-state index is 11.3. The Bertz CT molecular complexity index is 668. The molecule has 0 bridgehead atoms. The van der Waals surface area contributed by atoms with E-state index in [1.165, 1.54) is 11.1 Å². The molecule has 0 aliphatic rings. The monoisotopic (exact) mass is 307 g/mol. The number of hydrogen-bond acceptors (Lipinski definition) is 5. The fourth-order valence-electron chi connectivity index (χ4n) is 1.67. The van der Waals surface area contributed by atoms with Crippen LogP contribution >= 0.6 is 11.6 Å². The minimum atomic E-state index is -0.698. The van der Waals surface area contributed by atoms with Gasteiger partial charge in [-0.1, -0.05) is 28.9 Å². The number of rotatable bonds is 6. The van der Waals surface area contributed by atoms with Crippen LogP contribution < -0.4 is 5.73 Å². The molecule has 8 heteroatoms. The second kappa shape index (κ2) is 6.85.